The second-order valence-electron chi connectivity index (χ2n) is 8.60. The molecular formula is C19H18BrF5N4O2. The van der Waals surface area contributed by atoms with Crippen LogP contribution in [0.1, 0.15) is 32.8 Å². The molecule has 1 aromatic carbocycles. The number of aromatic nitrogens is 2. The van der Waals surface area contributed by atoms with Gasteiger partial charge in [-0.3, -0.25) is 4.90 Å². The Kier molecular flexibility index (Phi) is 5.06. The summed E-state index contributed by atoms with van der Waals surface area (Å²) >= 11 is 2.60. The number of amides is 1. The fraction of sp³-hybridized carbons (Fsp3) is 0.526. The molecule has 2 bridgehead atoms. The first kappa shape index (κ1) is 22.0. The molecule has 3 aliphatic rings. The number of benzene rings is 1. The lowest BCUT2D eigenvalue weighted by atomic mass is 9.88. The van der Waals surface area contributed by atoms with Crippen molar-refractivity contribution in [1.29, 1.82) is 0 Å². The molecule has 3 fully saturated rings. The highest BCUT2D eigenvalue weighted by atomic mass is 79.9. The van der Waals surface area contributed by atoms with Crippen LogP contribution in [-0.2, 0) is 10.9 Å². The summed E-state index contributed by atoms with van der Waals surface area (Å²) in [6.07, 6.45) is -5.90. The van der Waals surface area contributed by atoms with Gasteiger partial charge in [0.05, 0.1) is 22.1 Å². The molecular weight excluding hydrogens is 491 g/mol. The Balaban J connectivity index is 1.70. The minimum atomic E-state index is -4.84. The Bertz CT molecular complexity index is 1060. The van der Waals surface area contributed by atoms with Crippen LogP contribution in [-0.4, -0.2) is 51.7 Å². The smallest absolute Gasteiger partial charge is 0.417 e. The average Bonchev–Trinajstić information content (AvgIpc) is 2.61. The summed E-state index contributed by atoms with van der Waals surface area (Å²) in [6, 6.07) is 0.163. The van der Waals surface area contributed by atoms with Crippen LogP contribution >= 0.6 is 15.9 Å². The van der Waals surface area contributed by atoms with Crippen molar-refractivity contribution in [2.45, 2.75) is 51.1 Å². The number of rotatable bonds is 1. The highest BCUT2D eigenvalue weighted by molar-refractivity contribution is 9.10. The predicted octanol–water partition coefficient (Wildman–Crippen LogP) is 4.89. The van der Waals surface area contributed by atoms with E-state index in [1.165, 1.54) is 0 Å². The molecule has 0 radical (unpaired) electrons. The molecule has 3 aliphatic heterocycles. The van der Waals surface area contributed by atoms with Crippen LogP contribution in [0.15, 0.2) is 10.5 Å². The number of piperidine rings is 1. The number of alkyl halides is 3. The number of hydrogen-bond donors (Lipinski definition) is 0. The summed E-state index contributed by atoms with van der Waals surface area (Å²) in [5.74, 6) is -1.46. The van der Waals surface area contributed by atoms with E-state index in [1.807, 2.05) is 0 Å². The Morgan fingerprint density at radius 3 is 2.32 bits per heavy atom. The summed E-state index contributed by atoms with van der Waals surface area (Å²) in [6.45, 7) is 5.62. The normalized spacial score (nSPS) is 21.3. The minimum Gasteiger partial charge on any atom is -0.444 e. The molecule has 0 saturated carbocycles. The number of halogens is 6. The van der Waals surface area contributed by atoms with Gasteiger partial charge in [-0.25, -0.2) is 9.18 Å². The van der Waals surface area contributed by atoms with Crippen molar-refractivity contribution in [1.82, 2.24) is 14.9 Å². The van der Waals surface area contributed by atoms with E-state index >= 15 is 0 Å². The number of anilines is 1. The number of nitrogens with zero attached hydrogens (tertiary/aromatic N) is 4. The molecule has 4 heterocycles. The van der Waals surface area contributed by atoms with E-state index in [1.54, 1.807) is 30.6 Å². The predicted molar refractivity (Wildman–Crippen MR) is 105 cm³/mol. The zero-order chi connectivity index (χ0) is 22.9. The van der Waals surface area contributed by atoms with Crippen LogP contribution in [0.3, 0.4) is 0 Å². The third-order valence-electron chi connectivity index (χ3n) is 5.23. The Morgan fingerprint density at radius 2 is 1.77 bits per heavy atom. The fourth-order valence-corrected chi connectivity index (χ4v) is 4.53. The van der Waals surface area contributed by atoms with Gasteiger partial charge in [-0.15, -0.1) is 0 Å². The van der Waals surface area contributed by atoms with Gasteiger partial charge in [0.15, 0.2) is 5.82 Å². The largest absolute Gasteiger partial charge is 0.444 e. The van der Waals surface area contributed by atoms with Crippen molar-refractivity contribution in [3.8, 4) is 0 Å². The quantitative estimate of drug-likeness (QED) is 0.405. The maximum atomic E-state index is 14.6. The first-order valence-corrected chi connectivity index (χ1v) is 10.2. The maximum absolute atomic E-state index is 14.6. The van der Waals surface area contributed by atoms with Crippen LogP contribution < -0.4 is 4.90 Å². The van der Waals surface area contributed by atoms with E-state index in [4.69, 9.17) is 4.74 Å². The van der Waals surface area contributed by atoms with Gasteiger partial charge in [-0.1, -0.05) is 0 Å². The van der Waals surface area contributed by atoms with Crippen molar-refractivity contribution in [2.24, 2.45) is 0 Å². The second-order valence-corrected chi connectivity index (χ2v) is 9.39. The van der Waals surface area contributed by atoms with Crippen LogP contribution in [0.2, 0.25) is 0 Å². The summed E-state index contributed by atoms with van der Waals surface area (Å²) in [5, 5.41) is -0.250. The SMILES string of the molecule is CC(C)(C)OC(=O)N1C2CC1CN(c1nc(F)nc3c(F)c(Br)c(C(F)(F)F)cc13)C2. The Labute approximate surface area is 182 Å². The molecule has 1 aromatic heterocycles. The molecule has 2 unspecified atom stereocenters. The van der Waals surface area contributed by atoms with E-state index in [2.05, 4.69) is 25.9 Å². The van der Waals surface area contributed by atoms with Crippen molar-refractivity contribution in [3.05, 3.63) is 28.0 Å². The van der Waals surface area contributed by atoms with E-state index in [0.29, 0.717) is 12.5 Å². The maximum Gasteiger partial charge on any atom is 0.417 e. The monoisotopic (exact) mass is 508 g/mol. The second kappa shape index (κ2) is 7.14. The lowest BCUT2D eigenvalue weighted by Gasteiger charge is -2.56. The van der Waals surface area contributed by atoms with Crippen molar-refractivity contribution < 1.29 is 31.5 Å². The van der Waals surface area contributed by atoms with Gasteiger partial charge in [0.1, 0.15) is 16.9 Å². The summed E-state index contributed by atoms with van der Waals surface area (Å²) in [7, 11) is 0. The van der Waals surface area contributed by atoms with Gasteiger partial charge in [0.2, 0.25) is 0 Å². The van der Waals surface area contributed by atoms with E-state index in [9.17, 15) is 26.7 Å². The molecule has 0 N–H and O–H groups in total. The highest BCUT2D eigenvalue weighted by Crippen LogP contribution is 2.42. The van der Waals surface area contributed by atoms with E-state index in [0.717, 1.165) is 0 Å². The van der Waals surface area contributed by atoms with E-state index in [-0.39, 0.29) is 36.4 Å². The average molecular weight is 509 g/mol. The number of fused-ring (bicyclic) bond motifs is 3. The van der Waals surface area contributed by atoms with Crippen LogP contribution in [0.5, 0.6) is 0 Å². The third kappa shape index (κ3) is 3.90. The zero-order valence-electron chi connectivity index (χ0n) is 16.7. The molecule has 2 atom stereocenters. The van der Waals surface area contributed by atoms with Crippen LogP contribution in [0.25, 0.3) is 10.9 Å². The number of hydrogen-bond acceptors (Lipinski definition) is 5. The van der Waals surface area contributed by atoms with Crippen LogP contribution in [0.4, 0.5) is 32.6 Å². The molecule has 3 saturated heterocycles. The van der Waals surface area contributed by atoms with Crippen molar-refractivity contribution in [3.63, 3.8) is 0 Å². The fourth-order valence-electron chi connectivity index (χ4n) is 4.00. The topological polar surface area (TPSA) is 58.6 Å². The molecule has 31 heavy (non-hydrogen) atoms. The number of carbonyl (C=O) groups is 1. The standard InChI is InChI=1S/C19H18BrF5N4O2/c1-18(2,3)31-17(30)29-8-4-9(29)7-28(6-8)15-10-5-11(19(23,24)25)12(20)13(21)14(10)26-16(22)27-15/h5,8-9H,4,6-7H2,1-3H3. The van der Waals surface area contributed by atoms with Crippen molar-refractivity contribution in [2.75, 3.05) is 18.0 Å². The Hall–Kier alpha value is -2.24. The van der Waals surface area contributed by atoms with Gasteiger partial charge in [0.25, 0.3) is 0 Å². The highest BCUT2D eigenvalue weighted by Gasteiger charge is 2.49. The van der Waals surface area contributed by atoms with Gasteiger partial charge in [-0.2, -0.15) is 27.5 Å². The Morgan fingerprint density at radius 1 is 1.16 bits per heavy atom. The summed E-state index contributed by atoms with van der Waals surface area (Å²) in [4.78, 5) is 22.6. The number of carbonyl (C=O) groups excluding carboxylic acids is 1. The molecule has 0 spiro atoms. The first-order chi connectivity index (χ1) is 14.3. The van der Waals surface area contributed by atoms with Gasteiger partial charge in [0, 0.05) is 18.5 Å². The minimum absolute atomic E-state index is 0.141. The molecule has 12 heteroatoms. The third-order valence-corrected chi connectivity index (χ3v) is 6.00. The summed E-state index contributed by atoms with van der Waals surface area (Å²) < 4.78 is 73.4. The lowest BCUT2D eigenvalue weighted by Crippen LogP contribution is -2.70. The molecule has 6 nitrogen and oxygen atoms in total. The number of ether oxygens (including phenoxy) is 1. The zero-order valence-corrected chi connectivity index (χ0v) is 18.3. The molecule has 2 aromatic rings. The molecule has 168 valence electrons. The van der Waals surface area contributed by atoms with Crippen LogP contribution in [0, 0.1) is 11.9 Å². The molecule has 5 rings (SSSR count). The van der Waals surface area contributed by atoms with Crippen molar-refractivity contribution >= 4 is 38.7 Å². The summed E-state index contributed by atoms with van der Waals surface area (Å²) in [5.41, 5.74) is -2.47. The van der Waals surface area contributed by atoms with Gasteiger partial charge < -0.3 is 9.64 Å². The van der Waals surface area contributed by atoms with E-state index < -0.39 is 45.3 Å². The lowest BCUT2D eigenvalue weighted by molar-refractivity contribution is -0.138. The first-order valence-electron chi connectivity index (χ1n) is 9.45. The number of piperazine rings is 1. The van der Waals surface area contributed by atoms with Gasteiger partial charge in [-0.05, 0) is 49.2 Å². The van der Waals surface area contributed by atoms with Gasteiger partial charge >= 0.3 is 18.3 Å². The molecule has 0 aliphatic carbocycles. The molecule has 1 amide bonds.